The minimum absolute atomic E-state index is 0.00593. The molecule has 9 rings (SSSR count). The second-order valence-corrected chi connectivity index (χ2v) is 25.0. The average molecular weight is 1160 g/mol. The molecule has 9 aliphatic rings. The van der Waals surface area contributed by atoms with Crippen LogP contribution in [0.3, 0.4) is 0 Å². The summed E-state index contributed by atoms with van der Waals surface area (Å²) in [5.41, 5.74) is -2.41. The molecule has 462 valence electrons. The molecule has 0 aromatic heterocycles. The molecule has 0 aromatic rings. The summed E-state index contributed by atoms with van der Waals surface area (Å²) in [6, 6.07) is 0. The van der Waals surface area contributed by atoms with E-state index < -0.39 is 182 Å². The second-order valence-electron chi connectivity index (χ2n) is 25.0. The number of ether oxygens (including phenoxy) is 13. The molecule has 5 aliphatic heterocycles. The number of hydrogen-bond donors (Lipinski definition) is 8. The van der Waals surface area contributed by atoms with Gasteiger partial charge in [-0.25, -0.2) is 4.79 Å². The van der Waals surface area contributed by atoms with Crippen LogP contribution in [0.4, 0.5) is 0 Å². The van der Waals surface area contributed by atoms with Crippen molar-refractivity contribution in [3.05, 3.63) is 11.6 Å². The van der Waals surface area contributed by atoms with Crippen LogP contribution in [-0.2, 0) is 76.0 Å². The molecule has 4 saturated carbocycles. The maximum Gasteiger partial charge on any atom is 0.333 e. The molecule has 4 aliphatic carbocycles. The Balaban J connectivity index is 0.846. The number of aliphatic hydroxyl groups excluding tert-OH is 8. The predicted octanol–water partition coefficient (Wildman–Crippen LogP) is 0.616. The number of esters is 2. The molecule has 1 unspecified atom stereocenters. The van der Waals surface area contributed by atoms with Crippen LogP contribution in [0.25, 0.3) is 0 Å². The minimum Gasteiger partial charge on any atom is -0.458 e. The molecule has 0 bridgehead atoms. The van der Waals surface area contributed by atoms with Crippen molar-refractivity contribution in [1.29, 1.82) is 0 Å². The maximum absolute atomic E-state index is 14.1. The number of carbonyl (C=O) groups excluding carboxylic acids is 3. The zero-order valence-electron chi connectivity index (χ0n) is 48.5. The summed E-state index contributed by atoms with van der Waals surface area (Å²) in [5, 5.41) is 85.2. The minimum atomic E-state index is -1.86. The van der Waals surface area contributed by atoms with Crippen LogP contribution in [0, 0.1) is 34.5 Å². The van der Waals surface area contributed by atoms with Gasteiger partial charge in [-0.3, -0.25) is 9.59 Å². The van der Waals surface area contributed by atoms with Gasteiger partial charge in [0.2, 0.25) is 0 Å². The van der Waals surface area contributed by atoms with Crippen molar-refractivity contribution in [2.45, 2.75) is 266 Å². The summed E-state index contributed by atoms with van der Waals surface area (Å²) in [4.78, 5) is 41.5. The van der Waals surface area contributed by atoms with E-state index in [2.05, 4.69) is 6.92 Å². The zero-order valence-corrected chi connectivity index (χ0v) is 48.5. The Morgan fingerprint density at radius 1 is 0.667 bits per heavy atom. The summed E-state index contributed by atoms with van der Waals surface area (Å²) < 4.78 is 81.4. The number of allylic oxidation sites excluding steroid dienone is 1. The fourth-order valence-corrected chi connectivity index (χ4v) is 15.9. The van der Waals surface area contributed by atoms with Crippen LogP contribution >= 0.6 is 0 Å². The van der Waals surface area contributed by atoms with Gasteiger partial charge in [-0.1, -0.05) is 33.8 Å². The largest absolute Gasteiger partial charge is 0.458 e. The van der Waals surface area contributed by atoms with E-state index in [9.17, 15) is 55.2 Å². The predicted molar refractivity (Wildman–Crippen MR) is 277 cm³/mol. The lowest BCUT2D eigenvalue weighted by Gasteiger charge is -2.61. The van der Waals surface area contributed by atoms with Crippen molar-refractivity contribution in [3.8, 4) is 0 Å². The summed E-state index contributed by atoms with van der Waals surface area (Å²) in [7, 11) is 2.88. The fraction of sp³-hybridized carbons (Fsp3) is 0.912. The summed E-state index contributed by atoms with van der Waals surface area (Å²) in [6.07, 6.45) is -20.3. The van der Waals surface area contributed by atoms with E-state index >= 15 is 0 Å². The molecule has 24 nitrogen and oxygen atoms in total. The molecule has 5 heterocycles. The fourth-order valence-electron chi connectivity index (χ4n) is 15.9. The first-order valence-corrected chi connectivity index (χ1v) is 29.2. The van der Waals surface area contributed by atoms with Crippen LogP contribution in [0.5, 0.6) is 0 Å². The highest BCUT2D eigenvalue weighted by molar-refractivity contribution is 5.88. The summed E-state index contributed by atoms with van der Waals surface area (Å²) in [5.74, 6) is -2.03. The van der Waals surface area contributed by atoms with Gasteiger partial charge in [-0.2, -0.15) is 0 Å². The van der Waals surface area contributed by atoms with Gasteiger partial charge in [0, 0.05) is 43.5 Å². The zero-order chi connectivity index (χ0) is 59.0. The quantitative estimate of drug-likeness (QED) is 0.0404. The molecule has 2 spiro atoms. The van der Waals surface area contributed by atoms with Crippen LogP contribution in [0.2, 0.25) is 0 Å². The van der Waals surface area contributed by atoms with E-state index in [0.717, 1.165) is 6.42 Å². The smallest absolute Gasteiger partial charge is 0.333 e. The SMILES string of the molecule is C/C=C(\C)C(=O)O[C@@H]1[C@@H](OC(=O)C(C)CC)[C@@H]2[C@@]3(C)CC[C@H](O[C@H]4C[C@@H](OC)[C@H](O[C@@H]5O[C@H](C)[C@@H](O[C@@H]6O[C@H](CO)[C@@H](O[C@@H]7O[C@H](CO)[C@@H](O)[C@H](O)[C@H]7O)[C@H](O)[C@H]6O)[C@@H](OC)[C@H]5O)[C@@H](C)O4)C[C@@H]3CC[C@]23O[C@@]32CC[C@@H](C(C)=O)[C@@]12C. The van der Waals surface area contributed by atoms with Crippen molar-refractivity contribution in [2.24, 2.45) is 34.5 Å². The first-order valence-electron chi connectivity index (χ1n) is 29.2. The van der Waals surface area contributed by atoms with Gasteiger partial charge >= 0.3 is 11.9 Å². The lowest BCUT2D eigenvalue weighted by Crippen LogP contribution is -2.71. The van der Waals surface area contributed by atoms with Gasteiger partial charge in [0.1, 0.15) is 102 Å². The molecular formula is C57H90O24. The van der Waals surface area contributed by atoms with E-state index in [0.29, 0.717) is 50.5 Å². The number of methoxy groups -OCH3 is 2. The number of fused-ring (bicyclic) bond motifs is 2. The van der Waals surface area contributed by atoms with E-state index in [1.165, 1.54) is 7.11 Å². The monoisotopic (exact) mass is 1160 g/mol. The standard InChI is InChI=1S/C57H90O24/c1-12-24(3)49(67)76-46-47-54(8)17-15-30(20-29(54)14-18-56(47)57(81-56)19-16-31(26(5)60)55(57,9)48(46)80-50(68)25(4)13-2)73-35-21-32(69-10)42(27(6)71-35)77-53-41(66)45(70-11)43(28(7)72-53)78-52-40(65)38(63)44(34(23-59)75-52)79-51-39(64)37(62)36(61)33(22-58)74-51/h13,24,27-48,51-53,58-59,61-66H,12,14-23H2,1-11H3/b25-13+/t24?,27-,28-,29+,30+,31+,32-,33-,34-,35+,36-,37+,38-,39-,40-,41-,42-,43-,44-,45+,46+,47-,48-,51+,52+,53+,54+,55+,56+,57-/m1/s1. The third-order valence-electron chi connectivity index (χ3n) is 20.7. The number of rotatable bonds is 18. The van der Waals surface area contributed by atoms with Gasteiger partial charge in [0.05, 0.1) is 43.5 Å². The molecule has 5 saturated heterocycles. The number of aliphatic hydroxyl groups is 8. The third kappa shape index (κ3) is 10.7. The molecule has 81 heavy (non-hydrogen) atoms. The van der Waals surface area contributed by atoms with Crippen molar-refractivity contribution in [3.63, 3.8) is 0 Å². The normalized spacial score (nSPS) is 51.0. The van der Waals surface area contributed by atoms with Crippen LogP contribution in [0.1, 0.15) is 120 Å². The Kier molecular flexibility index (Phi) is 19.0. The Bertz CT molecular complexity index is 2250. The molecular weight excluding hydrogens is 1070 g/mol. The first kappa shape index (κ1) is 63.1. The Morgan fingerprint density at radius 3 is 1.93 bits per heavy atom. The first-order chi connectivity index (χ1) is 38.3. The maximum atomic E-state index is 14.1. The van der Waals surface area contributed by atoms with Crippen molar-refractivity contribution < 1.29 is 117 Å². The molecule has 30 atom stereocenters. The number of hydrogen-bond acceptors (Lipinski definition) is 24. The lowest BCUT2D eigenvalue weighted by molar-refractivity contribution is -0.384. The third-order valence-corrected chi connectivity index (χ3v) is 20.7. The number of Topliss-reactive ketones (excluding diaryl/α,β-unsaturated/α-hetero) is 1. The van der Waals surface area contributed by atoms with Crippen LogP contribution in [-0.4, -0.2) is 232 Å². The van der Waals surface area contributed by atoms with Crippen LogP contribution in [0.15, 0.2) is 11.6 Å². The van der Waals surface area contributed by atoms with E-state index in [1.54, 1.807) is 40.9 Å². The van der Waals surface area contributed by atoms with Gasteiger partial charge in [0.25, 0.3) is 0 Å². The van der Waals surface area contributed by atoms with Gasteiger partial charge in [-0.15, -0.1) is 0 Å². The van der Waals surface area contributed by atoms with E-state index in [1.807, 2.05) is 27.7 Å². The van der Waals surface area contributed by atoms with E-state index in [-0.39, 0.29) is 36.1 Å². The van der Waals surface area contributed by atoms with Gasteiger partial charge in [-0.05, 0) is 97.3 Å². The van der Waals surface area contributed by atoms with Crippen molar-refractivity contribution in [2.75, 3.05) is 27.4 Å². The molecule has 0 amide bonds. The topological polar surface area (TPSA) is 336 Å². The molecule has 0 radical (unpaired) electrons. The molecule has 9 fully saturated rings. The van der Waals surface area contributed by atoms with Gasteiger partial charge in [0.15, 0.2) is 25.2 Å². The number of ketones is 1. The highest BCUT2D eigenvalue weighted by atomic mass is 16.8. The lowest BCUT2D eigenvalue weighted by atomic mass is 9.43. The summed E-state index contributed by atoms with van der Waals surface area (Å²) in [6.45, 7) is 15.0. The number of epoxide rings is 1. The molecule has 8 N–H and O–H groups in total. The van der Waals surface area contributed by atoms with Gasteiger partial charge < -0.3 is 102 Å². The number of carbonyl (C=O) groups is 3. The van der Waals surface area contributed by atoms with Crippen molar-refractivity contribution in [1.82, 2.24) is 0 Å². The molecule has 0 aromatic carbocycles. The van der Waals surface area contributed by atoms with Crippen molar-refractivity contribution >= 4 is 17.7 Å². The van der Waals surface area contributed by atoms with Crippen LogP contribution < -0.4 is 0 Å². The Hall–Kier alpha value is -2.41. The Labute approximate surface area is 473 Å². The average Bonchev–Trinajstić information content (AvgIpc) is 1.59. The Morgan fingerprint density at radius 2 is 1.30 bits per heavy atom. The second kappa shape index (κ2) is 24.4. The van der Waals surface area contributed by atoms with E-state index in [4.69, 9.17) is 61.6 Å². The highest BCUT2D eigenvalue weighted by Crippen LogP contribution is 2.81. The summed E-state index contributed by atoms with van der Waals surface area (Å²) >= 11 is 0. The highest BCUT2D eigenvalue weighted by Gasteiger charge is 2.91. The molecule has 24 heteroatoms.